The average molecular weight is 422 g/mol. The molecule has 162 valence electrons. The fourth-order valence-corrected chi connectivity index (χ4v) is 3.49. The molecule has 8 heteroatoms. The van der Waals surface area contributed by atoms with Crippen molar-refractivity contribution in [1.29, 1.82) is 0 Å². The van der Waals surface area contributed by atoms with E-state index in [2.05, 4.69) is 41.1 Å². The molecule has 1 fully saturated rings. The average Bonchev–Trinajstić information content (AvgIpc) is 3.28. The lowest BCUT2D eigenvalue weighted by Gasteiger charge is -2.31. The van der Waals surface area contributed by atoms with Crippen LogP contribution in [0, 0.1) is 5.92 Å². The summed E-state index contributed by atoms with van der Waals surface area (Å²) in [7, 11) is 0. The van der Waals surface area contributed by atoms with E-state index in [1.54, 1.807) is 18.5 Å². The SMILES string of the molecule is CC(C)(C)c1ccc(OCC2CCN(C(=O)c3cc(-c4cccnc4)on3)CC2)nn1. The number of hydrogen-bond acceptors (Lipinski definition) is 7. The van der Waals surface area contributed by atoms with E-state index in [0.717, 1.165) is 24.1 Å². The van der Waals surface area contributed by atoms with Crippen LogP contribution < -0.4 is 4.74 Å². The van der Waals surface area contributed by atoms with Crippen molar-refractivity contribution < 1.29 is 14.1 Å². The third-order valence-corrected chi connectivity index (χ3v) is 5.45. The first-order chi connectivity index (χ1) is 14.9. The van der Waals surface area contributed by atoms with Crippen LogP contribution in [0.15, 0.2) is 47.2 Å². The summed E-state index contributed by atoms with van der Waals surface area (Å²) in [6.45, 7) is 8.20. The van der Waals surface area contributed by atoms with E-state index in [4.69, 9.17) is 9.26 Å². The Balaban J connectivity index is 1.27. The Kier molecular flexibility index (Phi) is 5.97. The van der Waals surface area contributed by atoms with Crippen LogP contribution in [0.3, 0.4) is 0 Å². The van der Waals surface area contributed by atoms with Crippen LogP contribution in [0.25, 0.3) is 11.3 Å². The van der Waals surface area contributed by atoms with Crippen molar-refractivity contribution >= 4 is 5.91 Å². The summed E-state index contributed by atoms with van der Waals surface area (Å²) >= 11 is 0. The third kappa shape index (κ3) is 5.07. The number of ether oxygens (including phenoxy) is 1. The van der Waals surface area contributed by atoms with Crippen LogP contribution in [0.1, 0.15) is 49.8 Å². The summed E-state index contributed by atoms with van der Waals surface area (Å²) in [6.07, 6.45) is 5.10. The van der Waals surface area contributed by atoms with Gasteiger partial charge in [-0.1, -0.05) is 25.9 Å². The van der Waals surface area contributed by atoms with Gasteiger partial charge in [0.25, 0.3) is 5.91 Å². The fourth-order valence-electron chi connectivity index (χ4n) is 3.49. The highest BCUT2D eigenvalue weighted by Gasteiger charge is 2.26. The molecule has 1 aliphatic rings. The van der Waals surface area contributed by atoms with Crippen molar-refractivity contribution in [3.63, 3.8) is 0 Å². The summed E-state index contributed by atoms with van der Waals surface area (Å²) in [6, 6.07) is 9.19. The molecule has 3 aromatic heterocycles. The van der Waals surface area contributed by atoms with Crippen molar-refractivity contribution in [2.75, 3.05) is 19.7 Å². The quantitative estimate of drug-likeness (QED) is 0.619. The zero-order valence-corrected chi connectivity index (χ0v) is 18.1. The second-order valence-electron chi connectivity index (χ2n) is 8.87. The summed E-state index contributed by atoms with van der Waals surface area (Å²) in [4.78, 5) is 18.7. The van der Waals surface area contributed by atoms with Gasteiger partial charge in [-0.25, -0.2) is 0 Å². The number of rotatable bonds is 5. The van der Waals surface area contributed by atoms with Gasteiger partial charge in [0.1, 0.15) is 0 Å². The number of piperidine rings is 1. The zero-order chi connectivity index (χ0) is 21.8. The van der Waals surface area contributed by atoms with Gasteiger partial charge >= 0.3 is 0 Å². The fraction of sp³-hybridized carbons (Fsp3) is 0.435. The van der Waals surface area contributed by atoms with Gasteiger partial charge in [-0.15, -0.1) is 5.10 Å². The van der Waals surface area contributed by atoms with Gasteiger partial charge in [0.2, 0.25) is 5.88 Å². The first-order valence-corrected chi connectivity index (χ1v) is 10.5. The summed E-state index contributed by atoms with van der Waals surface area (Å²) in [5.41, 5.74) is 2.02. The Morgan fingerprint density at radius 3 is 2.65 bits per heavy atom. The summed E-state index contributed by atoms with van der Waals surface area (Å²) < 4.78 is 11.2. The number of nitrogens with zero attached hydrogens (tertiary/aromatic N) is 5. The molecule has 1 saturated heterocycles. The van der Waals surface area contributed by atoms with Gasteiger partial charge in [0.15, 0.2) is 11.5 Å². The van der Waals surface area contributed by atoms with Crippen LogP contribution in [-0.4, -0.2) is 50.8 Å². The summed E-state index contributed by atoms with van der Waals surface area (Å²) in [5.74, 6) is 1.34. The number of aromatic nitrogens is 4. The van der Waals surface area contributed by atoms with E-state index in [-0.39, 0.29) is 11.3 Å². The molecule has 3 aromatic rings. The van der Waals surface area contributed by atoms with E-state index in [0.29, 0.717) is 42.9 Å². The molecule has 0 atom stereocenters. The molecule has 0 aliphatic carbocycles. The van der Waals surface area contributed by atoms with Crippen LogP contribution in [0.2, 0.25) is 0 Å². The van der Waals surface area contributed by atoms with E-state index in [9.17, 15) is 4.79 Å². The van der Waals surface area contributed by atoms with Gasteiger partial charge < -0.3 is 14.2 Å². The first-order valence-electron chi connectivity index (χ1n) is 10.5. The minimum Gasteiger partial charge on any atom is -0.476 e. The Morgan fingerprint density at radius 1 is 1.19 bits per heavy atom. The predicted octanol–water partition coefficient (Wildman–Crippen LogP) is 3.76. The molecule has 0 bridgehead atoms. The molecule has 0 radical (unpaired) electrons. The number of carbonyl (C=O) groups is 1. The molecule has 31 heavy (non-hydrogen) atoms. The maximum Gasteiger partial charge on any atom is 0.276 e. The van der Waals surface area contributed by atoms with Crippen LogP contribution in [0.4, 0.5) is 0 Å². The number of likely N-dealkylation sites (tertiary alicyclic amines) is 1. The third-order valence-electron chi connectivity index (χ3n) is 5.45. The standard InChI is InChI=1S/C23H27N5O3/c1-23(2,3)20-6-7-21(26-25-20)30-15-16-8-11-28(12-9-16)22(29)18-13-19(31-27-18)17-5-4-10-24-14-17/h4-7,10,13-14,16H,8-9,11-12,15H2,1-3H3. The van der Waals surface area contributed by atoms with Crippen molar-refractivity contribution in [2.45, 2.75) is 39.0 Å². The lowest BCUT2D eigenvalue weighted by atomic mass is 9.92. The lowest BCUT2D eigenvalue weighted by Crippen LogP contribution is -2.39. The van der Waals surface area contributed by atoms with E-state index in [1.807, 2.05) is 29.2 Å². The van der Waals surface area contributed by atoms with Gasteiger partial charge in [0, 0.05) is 48.6 Å². The lowest BCUT2D eigenvalue weighted by molar-refractivity contribution is 0.0649. The Morgan fingerprint density at radius 2 is 2.00 bits per heavy atom. The number of hydrogen-bond donors (Lipinski definition) is 0. The number of carbonyl (C=O) groups excluding carboxylic acids is 1. The maximum atomic E-state index is 12.8. The molecule has 0 saturated carbocycles. The minimum atomic E-state index is -0.109. The van der Waals surface area contributed by atoms with Crippen LogP contribution >= 0.6 is 0 Å². The first kappa shape index (κ1) is 21.0. The van der Waals surface area contributed by atoms with Crippen LogP contribution in [-0.2, 0) is 5.41 Å². The highest BCUT2D eigenvalue weighted by molar-refractivity contribution is 5.93. The topological polar surface area (TPSA) is 94.2 Å². The molecular formula is C23H27N5O3. The van der Waals surface area contributed by atoms with Crippen molar-refractivity contribution in [3.05, 3.63) is 54.1 Å². The zero-order valence-electron chi connectivity index (χ0n) is 18.1. The van der Waals surface area contributed by atoms with Gasteiger partial charge in [-0.2, -0.15) is 5.10 Å². The molecule has 4 heterocycles. The molecule has 0 unspecified atom stereocenters. The normalized spacial score (nSPS) is 15.1. The molecule has 0 aromatic carbocycles. The smallest absolute Gasteiger partial charge is 0.276 e. The second kappa shape index (κ2) is 8.83. The molecule has 1 amide bonds. The van der Waals surface area contributed by atoms with Gasteiger partial charge in [-0.3, -0.25) is 9.78 Å². The van der Waals surface area contributed by atoms with Gasteiger partial charge in [0.05, 0.1) is 12.3 Å². The molecule has 0 N–H and O–H groups in total. The largest absolute Gasteiger partial charge is 0.476 e. The monoisotopic (exact) mass is 421 g/mol. The molecule has 8 nitrogen and oxygen atoms in total. The molecule has 0 spiro atoms. The predicted molar refractivity (Wildman–Crippen MR) is 115 cm³/mol. The van der Waals surface area contributed by atoms with Gasteiger partial charge in [-0.05, 0) is 37.0 Å². The minimum absolute atomic E-state index is 0.0342. The van der Waals surface area contributed by atoms with Crippen molar-refractivity contribution in [1.82, 2.24) is 25.2 Å². The second-order valence-corrected chi connectivity index (χ2v) is 8.87. The van der Waals surface area contributed by atoms with E-state index < -0.39 is 0 Å². The molecule has 4 rings (SSSR count). The maximum absolute atomic E-state index is 12.8. The Bertz CT molecular complexity index is 1000. The highest BCUT2D eigenvalue weighted by Crippen LogP contribution is 2.24. The van der Waals surface area contributed by atoms with E-state index >= 15 is 0 Å². The summed E-state index contributed by atoms with van der Waals surface area (Å²) in [5, 5.41) is 12.4. The Labute approximate surface area is 181 Å². The molecule has 1 aliphatic heterocycles. The van der Waals surface area contributed by atoms with Crippen molar-refractivity contribution in [3.8, 4) is 17.2 Å². The van der Waals surface area contributed by atoms with E-state index in [1.165, 1.54) is 0 Å². The Hall–Kier alpha value is -3.29. The van der Waals surface area contributed by atoms with Crippen molar-refractivity contribution in [2.24, 2.45) is 5.92 Å². The number of amides is 1. The van der Waals surface area contributed by atoms with Crippen LogP contribution in [0.5, 0.6) is 5.88 Å². The molecular weight excluding hydrogens is 394 g/mol. The highest BCUT2D eigenvalue weighted by atomic mass is 16.5. The number of pyridine rings is 1.